The summed E-state index contributed by atoms with van der Waals surface area (Å²) in [5.74, 6) is 0.705. The fraction of sp³-hybridized carbons (Fsp3) is 0.562. The van der Waals surface area contributed by atoms with E-state index in [1.165, 1.54) is 5.56 Å². The van der Waals surface area contributed by atoms with Crippen LogP contribution >= 0.6 is 0 Å². The van der Waals surface area contributed by atoms with Gasteiger partial charge in [-0.25, -0.2) is 0 Å². The van der Waals surface area contributed by atoms with Crippen molar-refractivity contribution in [3.05, 3.63) is 34.4 Å². The Morgan fingerprint density at radius 2 is 1.72 bits per heavy atom. The largest absolute Gasteiger partial charge is 0.373 e. The van der Waals surface area contributed by atoms with Crippen molar-refractivity contribution in [2.75, 3.05) is 13.2 Å². The topological polar surface area (TPSA) is 26.3 Å². The zero-order valence-corrected chi connectivity index (χ0v) is 12.2. The van der Waals surface area contributed by atoms with Gasteiger partial charge in [-0.05, 0) is 44.2 Å². The van der Waals surface area contributed by atoms with Gasteiger partial charge >= 0.3 is 0 Å². The molecule has 0 atom stereocenters. The fourth-order valence-electron chi connectivity index (χ4n) is 2.18. The minimum Gasteiger partial charge on any atom is -0.373 e. The summed E-state index contributed by atoms with van der Waals surface area (Å²) >= 11 is 0. The minimum absolute atomic E-state index is 0.0914. The molecule has 100 valence electrons. The maximum atomic E-state index is 12.1. The number of Topliss-reactive ketones (excluding diaryl/α,β-unsaturated/α-hetero) is 1. The number of hydrogen-bond acceptors (Lipinski definition) is 2. The number of carbonyl (C=O) groups excluding carboxylic acids is 1. The van der Waals surface area contributed by atoms with Crippen molar-refractivity contribution in [3.8, 4) is 0 Å². The van der Waals surface area contributed by atoms with Crippen LogP contribution in [0.5, 0.6) is 0 Å². The van der Waals surface area contributed by atoms with E-state index in [1.54, 1.807) is 0 Å². The minimum atomic E-state index is 0.0914. The predicted molar refractivity (Wildman–Crippen MR) is 75.3 cm³/mol. The molecule has 0 radical (unpaired) electrons. The van der Waals surface area contributed by atoms with Crippen LogP contribution in [-0.2, 0) is 4.74 Å². The summed E-state index contributed by atoms with van der Waals surface area (Å²) in [4.78, 5) is 12.1. The Hall–Kier alpha value is -1.15. The molecule has 0 aliphatic carbocycles. The third-order valence-corrected chi connectivity index (χ3v) is 3.03. The smallest absolute Gasteiger partial charge is 0.188 e. The molecule has 2 nitrogen and oxygen atoms in total. The number of benzene rings is 1. The number of ketones is 1. The molecule has 1 rings (SSSR count). The van der Waals surface area contributed by atoms with E-state index >= 15 is 0 Å². The van der Waals surface area contributed by atoms with Crippen molar-refractivity contribution in [3.63, 3.8) is 0 Å². The third-order valence-electron chi connectivity index (χ3n) is 3.03. The van der Waals surface area contributed by atoms with E-state index in [0.717, 1.165) is 23.1 Å². The summed E-state index contributed by atoms with van der Waals surface area (Å²) in [5.41, 5.74) is 4.11. The second-order valence-corrected chi connectivity index (χ2v) is 5.43. The fourth-order valence-corrected chi connectivity index (χ4v) is 2.18. The molecule has 0 unspecified atom stereocenters. The molecule has 0 bridgehead atoms. The Bertz CT molecular complexity index is 396. The highest BCUT2D eigenvalue weighted by atomic mass is 16.5. The molecule has 0 aliphatic heterocycles. The van der Waals surface area contributed by atoms with Gasteiger partial charge in [0.2, 0.25) is 0 Å². The molecule has 0 amide bonds. The number of carbonyl (C=O) groups is 1. The van der Waals surface area contributed by atoms with Gasteiger partial charge in [-0.15, -0.1) is 0 Å². The number of ether oxygens (including phenoxy) is 1. The van der Waals surface area contributed by atoms with E-state index in [4.69, 9.17) is 4.74 Å². The lowest BCUT2D eigenvalue weighted by Crippen LogP contribution is -2.13. The van der Waals surface area contributed by atoms with Crippen LogP contribution in [0.4, 0.5) is 0 Å². The Labute approximate surface area is 110 Å². The van der Waals surface area contributed by atoms with Gasteiger partial charge in [0.1, 0.15) is 6.61 Å². The van der Waals surface area contributed by atoms with E-state index in [0.29, 0.717) is 12.5 Å². The van der Waals surface area contributed by atoms with Crippen molar-refractivity contribution < 1.29 is 9.53 Å². The Balaban J connectivity index is 2.62. The molecule has 0 aromatic heterocycles. The normalized spacial score (nSPS) is 11.0. The Morgan fingerprint density at radius 1 is 1.17 bits per heavy atom. The first kappa shape index (κ1) is 14.9. The molecule has 0 heterocycles. The van der Waals surface area contributed by atoms with Crippen molar-refractivity contribution in [2.45, 2.75) is 41.0 Å². The summed E-state index contributed by atoms with van der Waals surface area (Å²) in [6.07, 6.45) is 0.999. The van der Waals surface area contributed by atoms with Gasteiger partial charge in [0.15, 0.2) is 5.78 Å². The molecule has 0 saturated carbocycles. The van der Waals surface area contributed by atoms with Gasteiger partial charge < -0.3 is 4.74 Å². The first-order valence-electron chi connectivity index (χ1n) is 6.60. The van der Waals surface area contributed by atoms with Gasteiger partial charge in [0, 0.05) is 12.2 Å². The molecule has 0 spiro atoms. The van der Waals surface area contributed by atoms with Gasteiger partial charge in [-0.3, -0.25) is 4.79 Å². The van der Waals surface area contributed by atoms with Crippen LogP contribution in [0, 0.1) is 26.7 Å². The van der Waals surface area contributed by atoms with Crippen LogP contribution < -0.4 is 0 Å². The van der Waals surface area contributed by atoms with E-state index < -0.39 is 0 Å². The van der Waals surface area contributed by atoms with Gasteiger partial charge in [-0.1, -0.05) is 31.5 Å². The van der Waals surface area contributed by atoms with E-state index in [9.17, 15) is 4.79 Å². The zero-order chi connectivity index (χ0) is 13.7. The third kappa shape index (κ3) is 4.26. The second kappa shape index (κ2) is 6.69. The molecule has 0 fully saturated rings. The number of hydrogen-bond donors (Lipinski definition) is 0. The Kier molecular flexibility index (Phi) is 5.54. The van der Waals surface area contributed by atoms with E-state index in [-0.39, 0.29) is 12.4 Å². The quantitative estimate of drug-likeness (QED) is 0.564. The van der Waals surface area contributed by atoms with Crippen molar-refractivity contribution in [1.29, 1.82) is 0 Å². The van der Waals surface area contributed by atoms with Crippen molar-refractivity contribution in [1.82, 2.24) is 0 Å². The maximum Gasteiger partial charge on any atom is 0.188 e. The van der Waals surface area contributed by atoms with Crippen molar-refractivity contribution >= 4 is 5.78 Å². The average molecular weight is 248 g/mol. The molecule has 1 aromatic rings. The molecular formula is C16H24O2. The summed E-state index contributed by atoms with van der Waals surface area (Å²) in [7, 11) is 0. The molecule has 2 heteroatoms. The second-order valence-electron chi connectivity index (χ2n) is 5.43. The number of rotatable bonds is 6. The van der Waals surface area contributed by atoms with Crippen LogP contribution in [-0.4, -0.2) is 19.0 Å². The van der Waals surface area contributed by atoms with Crippen LogP contribution in [0.25, 0.3) is 0 Å². The summed E-state index contributed by atoms with van der Waals surface area (Å²) in [6, 6.07) is 4.10. The van der Waals surface area contributed by atoms with E-state index in [2.05, 4.69) is 13.8 Å². The molecule has 1 aromatic carbocycles. The summed E-state index contributed by atoms with van der Waals surface area (Å²) in [5, 5.41) is 0. The monoisotopic (exact) mass is 248 g/mol. The first-order chi connectivity index (χ1) is 8.41. The Morgan fingerprint density at radius 3 is 2.22 bits per heavy atom. The molecular weight excluding hydrogens is 224 g/mol. The lowest BCUT2D eigenvalue weighted by Gasteiger charge is -2.11. The van der Waals surface area contributed by atoms with Crippen LogP contribution in [0.2, 0.25) is 0 Å². The van der Waals surface area contributed by atoms with Crippen molar-refractivity contribution in [2.24, 2.45) is 5.92 Å². The predicted octanol–water partition coefficient (Wildman–Crippen LogP) is 3.86. The highest BCUT2D eigenvalue weighted by Gasteiger charge is 2.12. The lowest BCUT2D eigenvalue weighted by atomic mass is 9.97. The van der Waals surface area contributed by atoms with Gasteiger partial charge in [-0.2, -0.15) is 0 Å². The van der Waals surface area contributed by atoms with Gasteiger partial charge in [0.05, 0.1) is 0 Å². The maximum absolute atomic E-state index is 12.1. The summed E-state index contributed by atoms with van der Waals surface area (Å²) < 4.78 is 5.45. The van der Waals surface area contributed by atoms with Crippen LogP contribution in [0.15, 0.2) is 12.1 Å². The zero-order valence-electron chi connectivity index (χ0n) is 12.2. The SMILES string of the molecule is Cc1cc(C)c(C(=O)COCCC(C)C)c(C)c1. The molecule has 18 heavy (non-hydrogen) atoms. The molecule has 0 aliphatic rings. The van der Waals surface area contributed by atoms with Crippen LogP contribution in [0.1, 0.15) is 47.3 Å². The van der Waals surface area contributed by atoms with Gasteiger partial charge in [0.25, 0.3) is 0 Å². The molecule has 0 N–H and O–H groups in total. The van der Waals surface area contributed by atoms with Crippen LogP contribution in [0.3, 0.4) is 0 Å². The van der Waals surface area contributed by atoms with E-state index in [1.807, 2.05) is 32.9 Å². The first-order valence-corrected chi connectivity index (χ1v) is 6.60. The highest BCUT2D eigenvalue weighted by Crippen LogP contribution is 2.17. The number of aryl methyl sites for hydroxylation is 3. The standard InChI is InChI=1S/C16H24O2/c1-11(2)6-7-18-10-15(17)16-13(4)8-12(3)9-14(16)5/h8-9,11H,6-7,10H2,1-5H3. The lowest BCUT2D eigenvalue weighted by molar-refractivity contribution is 0.0738. The molecule has 0 saturated heterocycles. The average Bonchev–Trinajstić information content (AvgIpc) is 2.22. The summed E-state index contributed by atoms with van der Waals surface area (Å²) in [6.45, 7) is 11.2. The highest BCUT2D eigenvalue weighted by molar-refractivity contribution is 5.99.